The molecule has 6 rings (SSSR count). The SMILES string of the molecule is C#Cc1cnc2c(C#N)cc(N[C@H](C3=CN(C4(C(F)F)CC4)NN3)c3cccc4c(=O)n(CC(F)F)ccc34)cc2c1NCC(C)(C)C. The highest BCUT2D eigenvalue weighted by Crippen LogP contribution is 2.47. The number of rotatable bonds is 10. The predicted octanol–water partition coefficient (Wildman–Crippen LogP) is 6.24. The molecule has 0 unspecified atom stereocenters. The Balaban J connectivity index is 1.51. The van der Waals surface area contributed by atoms with Gasteiger partial charge in [-0.1, -0.05) is 38.8 Å². The summed E-state index contributed by atoms with van der Waals surface area (Å²) in [5, 5.41) is 19.7. The molecule has 1 saturated carbocycles. The molecule has 1 fully saturated rings. The molecule has 0 bridgehead atoms. The fourth-order valence-electron chi connectivity index (χ4n) is 5.91. The minimum atomic E-state index is -2.72. The van der Waals surface area contributed by atoms with Crippen LogP contribution >= 0.6 is 0 Å². The number of hydrogen-bond donors (Lipinski definition) is 4. The molecule has 4 N–H and O–H groups in total. The number of terminal acetylenes is 1. The van der Waals surface area contributed by atoms with Crippen LogP contribution in [-0.2, 0) is 6.54 Å². The van der Waals surface area contributed by atoms with Crippen LogP contribution in [0.15, 0.2) is 65.5 Å². The number of nitrogens with zero attached hydrogens (tertiary/aromatic N) is 4. The van der Waals surface area contributed by atoms with E-state index < -0.39 is 36.5 Å². The van der Waals surface area contributed by atoms with Crippen LogP contribution in [0.3, 0.4) is 0 Å². The second-order valence-electron chi connectivity index (χ2n) is 13.3. The van der Waals surface area contributed by atoms with Gasteiger partial charge >= 0.3 is 0 Å². The Bertz CT molecular complexity index is 2070. The average molecular weight is 659 g/mol. The largest absolute Gasteiger partial charge is 0.383 e. The molecule has 9 nitrogen and oxygen atoms in total. The summed E-state index contributed by atoms with van der Waals surface area (Å²) in [7, 11) is 0. The van der Waals surface area contributed by atoms with E-state index in [1.165, 1.54) is 11.2 Å². The summed E-state index contributed by atoms with van der Waals surface area (Å²) in [5.74, 6) is 2.67. The van der Waals surface area contributed by atoms with Crippen LogP contribution in [0.1, 0.15) is 56.3 Å². The van der Waals surface area contributed by atoms with Crippen molar-refractivity contribution >= 4 is 33.1 Å². The van der Waals surface area contributed by atoms with Gasteiger partial charge in [-0.2, -0.15) is 5.26 Å². The molecule has 1 atom stereocenters. The molecule has 1 aliphatic heterocycles. The van der Waals surface area contributed by atoms with E-state index in [1.54, 1.807) is 42.7 Å². The van der Waals surface area contributed by atoms with Crippen molar-refractivity contribution in [1.29, 1.82) is 5.26 Å². The third-order valence-electron chi connectivity index (χ3n) is 8.60. The summed E-state index contributed by atoms with van der Waals surface area (Å²) in [5.41, 5.74) is 7.19. The number of anilines is 2. The molecule has 2 aromatic heterocycles. The number of hydrazine groups is 2. The van der Waals surface area contributed by atoms with Crippen molar-refractivity contribution in [1.82, 2.24) is 25.5 Å². The van der Waals surface area contributed by atoms with Gasteiger partial charge in [-0.3, -0.25) is 14.8 Å². The number of aromatic nitrogens is 2. The van der Waals surface area contributed by atoms with E-state index in [4.69, 9.17) is 6.42 Å². The Morgan fingerprint density at radius 1 is 1.10 bits per heavy atom. The van der Waals surface area contributed by atoms with Crippen LogP contribution < -0.4 is 27.2 Å². The van der Waals surface area contributed by atoms with Gasteiger partial charge in [0.2, 0.25) is 0 Å². The first-order valence-corrected chi connectivity index (χ1v) is 15.4. The van der Waals surface area contributed by atoms with Crippen molar-refractivity contribution in [3.05, 3.63) is 87.7 Å². The smallest absolute Gasteiger partial charge is 0.262 e. The van der Waals surface area contributed by atoms with E-state index in [2.05, 4.69) is 59.3 Å². The monoisotopic (exact) mass is 658 g/mol. The molecular formula is C35H34F4N8O. The van der Waals surface area contributed by atoms with Crippen LogP contribution in [-0.4, -0.2) is 39.5 Å². The Morgan fingerprint density at radius 3 is 2.52 bits per heavy atom. The lowest BCUT2D eigenvalue weighted by Gasteiger charge is -2.25. The number of nitriles is 1. The molecule has 2 aromatic carbocycles. The average Bonchev–Trinajstić information content (AvgIpc) is 3.72. The summed E-state index contributed by atoms with van der Waals surface area (Å²) in [6.45, 7) is 6.04. The predicted molar refractivity (Wildman–Crippen MR) is 177 cm³/mol. The highest BCUT2D eigenvalue weighted by Gasteiger charge is 2.56. The maximum Gasteiger partial charge on any atom is 0.262 e. The molecule has 2 aliphatic rings. The zero-order valence-electron chi connectivity index (χ0n) is 26.5. The van der Waals surface area contributed by atoms with Gasteiger partial charge in [0.15, 0.2) is 0 Å². The molecule has 0 saturated heterocycles. The van der Waals surface area contributed by atoms with E-state index in [0.29, 0.717) is 63.9 Å². The standard InChI is InChI=1S/C35H34F4N8O/c1-5-20-16-41-30-21(15-40)13-22(14-26(30)29(20)42-19-34(2,3)4)43-31(27-17-47(45-44-27)35(10-11-35)33(38)39)24-7-6-8-25-23(24)9-12-46(32(25)48)18-28(36)37/h1,6-9,12-14,16-17,28,31,33,43-45H,10-11,18-19H2,2-4H3,(H,41,42)/t31-/m0/s1. The quantitative estimate of drug-likeness (QED) is 0.117. The van der Waals surface area contributed by atoms with Crippen molar-refractivity contribution < 1.29 is 17.6 Å². The Kier molecular flexibility index (Phi) is 8.44. The first-order chi connectivity index (χ1) is 22.8. The molecule has 0 amide bonds. The van der Waals surface area contributed by atoms with E-state index in [9.17, 15) is 27.6 Å². The highest BCUT2D eigenvalue weighted by atomic mass is 19.3. The van der Waals surface area contributed by atoms with Gasteiger partial charge in [0.05, 0.1) is 40.6 Å². The lowest BCUT2D eigenvalue weighted by atomic mass is 9.95. The number of hydrogen-bond acceptors (Lipinski definition) is 8. The topological polar surface area (TPSA) is 110 Å². The van der Waals surface area contributed by atoms with Crippen molar-refractivity contribution in [2.45, 2.75) is 64.6 Å². The van der Waals surface area contributed by atoms with Crippen molar-refractivity contribution in [3.8, 4) is 18.4 Å². The van der Waals surface area contributed by atoms with Crippen LogP contribution in [0.25, 0.3) is 21.7 Å². The fraction of sp³-hybridized carbons (Fsp3) is 0.343. The highest BCUT2D eigenvalue weighted by molar-refractivity contribution is 5.99. The summed E-state index contributed by atoms with van der Waals surface area (Å²) < 4.78 is 55.5. The summed E-state index contributed by atoms with van der Waals surface area (Å²) in [6.07, 6.45) is 5.54. The molecular weight excluding hydrogens is 624 g/mol. The van der Waals surface area contributed by atoms with Crippen molar-refractivity contribution in [2.75, 3.05) is 17.2 Å². The fourth-order valence-corrected chi connectivity index (χ4v) is 5.91. The van der Waals surface area contributed by atoms with Gasteiger partial charge in [0.25, 0.3) is 18.4 Å². The van der Waals surface area contributed by atoms with E-state index in [1.807, 2.05) is 6.07 Å². The van der Waals surface area contributed by atoms with Gasteiger partial charge in [-0.15, -0.1) is 12.0 Å². The second-order valence-corrected chi connectivity index (χ2v) is 13.3. The summed E-state index contributed by atoms with van der Waals surface area (Å²) in [4.78, 5) is 17.7. The minimum absolute atomic E-state index is 0.0979. The van der Waals surface area contributed by atoms with Gasteiger partial charge in [-0.25, -0.2) is 17.6 Å². The molecule has 248 valence electrons. The number of fused-ring (bicyclic) bond motifs is 2. The molecule has 4 aromatic rings. The van der Waals surface area contributed by atoms with E-state index in [0.717, 1.165) is 4.57 Å². The summed E-state index contributed by atoms with van der Waals surface area (Å²) in [6, 6.07) is 11.4. The van der Waals surface area contributed by atoms with Gasteiger partial charge in [0, 0.05) is 41.6 Å². The first kappa shape index (κ1) is 32.7. The Labute approximate surface area is 274 Å². The van der Waals surface area contributed by atoms with E-state index >= 15 is 0 Å². The number of nitrogens with one attached hydrogen (secondary N) is 4. The molecule has 48 heavy (non-hydrogen) atoms. The number of halogens is 4. The van der Waals surface area contributed by atoms with Crippen molar-refractivity contribution in [2.24, 2.45) is 5.41 Å². The Hall–Kier alpha value is -5.27. The van der Waals surface area contributed by atoms with Crippen LogP contribution in [0.2, 0.25) is 0 Å². The van der Waals surface area contributed by atoms with Crippen LogP contribution in [0.4, 0.5) is 28.9 Å². The number of pyridine rings is 2. The van der Waals surface area contributed by atoms with Crippen molar-refractivity contribution in [3.63, 3.8) is 0 Å². The molecule has 3 heterocycles. The second kappa shape index (κ2) is 12.4. The van der Waals surface area contributed by atoms with Crippen LogP contribution in [0, 0.1) is 29.1 Å². The minimum Gasteiger partial charge on any atom is -0.383 e. The van der Waals surface area contributed by atoms with Gasteiger partial charge in [0.1, 0.15) is 11.6 Å². The van der Waals surface area contributed by atoms with Gasteiger partial charge in [-0.05, 0) is 53.5 Å². The lowest BCUT2D eigenvalue weighted by Crippen LogP contribution is -2.48. The molecule has 1 aliphatic carbocycles. The number of benzene rings is 2. The third kappa shape index (κ3) is 6.09. The molecule has 13 heteroatoms. The third-order valence-corrected chi connectivity index (χ3v) is 8.60. The first-order valence-electron chi connectivity index (χ1n) is 15.4. The van der Waals surface area contributed by atoms with Crippen LogP contribution in [0.5, 0.6) is 0 Å². The maximum atomic E-state index is 14.1. The zero-order chi connectivity index (χ0) is 34.4. The normalized spacial score (nSPS) is 16.1. The maximum absolute atomic E-state index is 14.1. The Morgan fingerprint density at radius 2 is 1.88 bits per heavy atom. The molecule has 0 spiro atoms. The molecule has 0 radical (unpaired) electrons. The number of alkyl halides is 4. The lowest BCUT2D eigenvalue weighted by molar-refractivity contribution is 0.00911. The summed E-state index contributed by atoms with van der Waals surface area (Å²) >= 11 is 0. The van der Waals surface area contributed by atoms with Gasteiger partial charge < -0.3 is 20.6 Å². The van der Waals surface area contributed by atoms with E-state index in [-0.39, 0.29) is 16.4 Å². The zero-order valence-corrected chi connectivity index (χ0v) is 26.5.